The quantitative estimate of drug-likeness (QED) is 0.658. The van der Waals surface area contributed by atoms with Gasteiger partial charge in [-0.05, 0) is 18.9 Å². The first-order valence-electron chi connectivity index (χ1n) is 5.50. The molecule has 1 fully saturated rings. The van der Waals surface area contributed by atoms with Gasteiger partial charge in [-0.1, -0.05) is 0 Å². The number of hydrogen-bond acceptors (Lipinski definition) is 5. The lowest BCUT2D eigenvalue weighted by Crippen LogP contribution is -2.58. The molecule has 0 bridgehead atoms. The van der Waals surface area contributed by atoms with Gasteiger partial charge in [0, 0.05) is 18.6 Å². The number of ether oxygens (including phenoxy) is 1. The molecule has 0 spiro atoms. The molecule has 1 unspecified atom stereocenters. The van der Waals surface area contributed by atoms with Gasteiger partial charge in [-0.25, -0.2) is 8.42 Å². The zero-order valence-electron chi connectivity index (χ0n) is 9.39. The summed E-state index contributed by atoms with van der Waals surface area (Å²) < 4.78 is 27.5. The van der Waals surface area contributed by atoms with Crippen LogP contribution >= 0.6 is 0 Å². The molecule has 96 valence electrons. The Morgan fingerprint density at radius 1 is 1.41 bits per heavy atom. The van der Waals surface area contributed by atoms with Gasteiger partial charge in [0.2, 0.25) is 5.91 Å². The van der Waals surface area contributed by atoms with Gasteiger partial charge in [-0.3, -0.25) is 4.79 Å². The predicted octanol–water partition coefficient (Wildman–Crippen LogP) is -1.08. The largest absolute Gasteiger partial charge is 0.381 e. The molecule has 1 saturated heterocycles. The van der Waals surface area contributed by atoms with E-state index in [1.807, 2.05) is 0 Å². The third-order valence-electron chi connectivity index (χ3n) is 3.08. The average molecular weight is 260 g/mol. The maximum atomic E-state index is 12.0. The summed E-state index contributed by atoms with van der Waals surface area (Å²) in [5.41, 5.74) is 5.05. The lowest BCUT2D eigenvalue weighted by Gasteiger charge is -2.32. The molecule has 7 heteroatoms. The van der Waals surface area contributed by atoms with Crippen LogP contribution in [0.3, 0.4) is 0 Å². The average Bonchev–Trinajstić information content (AvgIpc) is 2.59. The predicted molar refractivity (Wildman–Crippen MR) is 61.8 cm³/mol. The van der Waals surface area contributed by atoms with Crippen molar-refractivity contribution >= 4 is 15.7 Å². The van der Waals surface area contributed by atoms with Crippen molar-refractivity contribution in [1.29, 1.82) is 0 Å². The molecule has 0 aromatic rings. The highest BCUT2D eigenvalue weighted by Gasteiger charge is 2.37. The second-order valence-electron chi connectivity index (χ2n) is 4.51. The van der Waals surface area contributed by atoms with Crippen LogP contribution in [0, 0.1) is 0 Å². The molecule has 0 aromatic carbocycles. The van der Waals surface area contributed by atoms with Crippen LogP contribution in [-0.4, -0.2) is 44.9 Å². The minimum Gasteiger partial charge on any atom is -0.381 e. The highest BCUT2D eigenvalue weighted by molar-refractivity contribution is 7.94. The number of sulfone groups is 1. The smallest absolute Gasteiger partial charge is 0.240 e. The normalized spacial score (nSPS) is 30.1. The lowest BCUT2D eigenvalue weighted by atomic mass is 9.90. The molecule has 2 rings (SSSR count). The summed E-state index contributed by atoms with van der Waals surface area (Å²) in [7, 11) is -3.15. The second-order valence-corrected chi connectivity index (χ2v) is 6.44. The highest BCUT2D eigenvalue weighted by atomic mass is 32.2. The van der Waals surface area contributed by atoms with Crippen molar-refractivity contribution in [3.8, 4) is 0 Å². The Balaban J connectivity index is 1.96. The van der Waals surface area contributed by atoms with Gasteiger partial charge < -0.3 is 15.8 Å². The SMILES string of the molecule is NC1(C(=O)NC2C=CS(=O)(=O)C2)CCOCC1. The van der Waals surface area contributed by atoms with Crippen molar-refractivity contribution in [1.82, 2.24) is 5.32 Å². The van der Waals surface area contributed by atoms with Crippen LogP contribution < -0.4 is 11.1 Å². The number of amides is 1. The summed E-state index contributed by atoms with van der Waals surface area (Å²) in [5, 5.41) is 3.79. The molecule has 0 saturated carbocycles. The molecule has 2 aliphatic rings. The maximum absolute atomic E-state index is 12.0. The van der Waals surface area contributed by atoms with Gasteiger partial charge in [0.05, 0.1) is 17.3 Å². The third-order valence-corrected chi connectivity index (χ3v) is 4.48. The minimum atomic E-state index is -3.15. The first kappa shape index (κ1) is 12.5. The number of carbonyl (C=O) groups excluding carboxylic acids is 1. The Bertz CT molecular complexity index is 437. The van der Waals surface area contributed by atoms with Crippen molar-refractivity contribution < 1.29 is 17.9 Å². The molecule has 0 aliphatic carbocycles. The summed E-state index contributed by atoms with van der Waals surface area (Å²) in [5.74, 6) is -0.377. The van der Waals surface area contributed by atoms with Crippen LogP contribution in [0.1, 0.15) is 12.8 Å². The molecule has 1 amide bonds. The van der Waals surface area contributed by atoms with E-state index < -0.39 is 21.4 Å². The van der Waals surface area contributed by atoms with Crippen molar-refractivity contribution in [2.45, 2.75) is 24.4 Å². The fourth-order valence-corrected chi connectivity index (χ4v) is 3.18. The van der Waals surface area contributed by atoms with E-state index in [1.54, 1.807) is 0 Å². The molecule has 6 nitrogen and oxygen atoms in total. The minimum absolute atomic E-state index is 0.0781. The topological polar surface area (TPSA) is 98.5 Å². The summed E-state index contributed by atoms with van der Waals surface area (Å²) >= 11 is 0. The van der Waals surface area contributed by atoms with E-state index in [0.29, 0.717) is 26.1 Å². The zero-order chi connectivity index (χ0) is 12.5. The fourth-order valence-electron chi connectivity index (χ4n) is 1.94. The van der Waals surface area contributed by atoms with Gasteiger partial charge in [0.1, 0.15) is 0 Å². The van der Waals surface area contributed by atoms with Crippen LogP contribution in [0.2, 0.25) is 0 Å². The van der Waals surface area contributed by atoms with Crippen molar-refractivity contribution in [2.24, 2.45) is 5.73 Å². The molecule has 3 N–H and O–H groups in total. The number of hydrogen-bond donors (Lipinski definition) is 2. The lowest BCUT2D eigenvalue weighted by molar-refractivity contribution is -0.130. The van der Waals surface area contributed by atoms with E-state index in [9.17, 15) is 13.2 Å². The molecule has 2 heterocycles. The van der Waals surface area contributed by atoms with E-state index in [2.05, 4.69) is 5.32 Å². The van der Waals surface area contributed by atoms with Crippen molar-refractivity contribution in [3.63, 3.8) is 0 Å². The molecule has 17 heavy (non-hydrogen) atoms. The summed E-state index contributed by atoms with van der Waals surface area (Å²) in [6.45, 7) is 0.922. The summed E-state index contributed by atoms with van der Waals surface area (Å²) in [6, 6.07) is -0.462. The first-order valence-corrected chi connectivity index (χ1v) is 7.21. The van der Waals surface area contributed by atoms with E-state index in [1.165, 1.54) is 6.08 Å². The molecular weight excluding hydrogens is 244 g/mol. The van der Waals surface area contributed by atoms with Gasteiger partial charge in [-0.2, -0.15) is 0 Å². The van der Waals surface area contributed by atoms with Gasteiger partial charge in [-0.15, -0.1) is 0 Å². The van der Waals surface area contributed by atoms with E-state index >= 15 is 0 Å². The third kappa shape index (κ3) is 2.85. The Morgan fingerprint density at radius 3 is 2.59 bits per heavy atom. The summed E-state index contributed by atoms with van der Waals surface area (Å²) in [4.78, 5) is 12.0. The number of nitrogens with two attached hydrogens (primary N) is 1. The van der Waals surface area contributed by atoms with Crippen LogP contribution in [-0.2, 0) is 19.4 Å². The van der Waals surface area contributed by atoms with Crippen LogP contribution in [0.15, 0.2) is 11.5 Å². The van der Waals surface area contributed by atoms with Crippen LogP contribution in [0.25, 0.3) is 0 Å². The molecular formula is C10H16N2O4S. The van der Waals surface area contributed by atoms with Crippen molar-refractivity contribution in [2.75, 3.05) is 19.0 Å². The van der Waals surface area contributed by atoms with Crippen molar-refractivity contribution in [3.05, 3.63) is 11.5 Å². The summed E-state index contributed by atoms with van der Waals surface area (Å²) in [6.07, 6.45) is 2.40. The standard InChI is InChI=1S/C10H16N2O4S/c11-10(2-4-16-5-3-10)9(13)12-8-1-6-17(14,15)7-8/h1,6,8H,2-5,7,11H2,(H,12,13). The number of rotatable bonds is 2. The first-order chi connectivity index (χ1) is 7.91. The Hall–Kier alpha value is -0.920. The second kappa shape index (κ2) is 4.40. The number of nitrogens with one attached hydrogen (secondary N) is 1. The molecule has 1 atom stereocenters. The van der Waals surface area contributed by atoms with E-state index in [4.69, 9.17) is 10.5 Å². The van der Waals surface area contributed by atoms with Crippen LogP contribution in [0.4, 0.5) is 0 Å². The van der Waals surface area contributed by atoms with E-state index in [0.717, 1.165) is 5.41 Å². The Labute approximate surface area is 100 Å². The van der Waals surface area contributed by atoms with Gasteiger partial charge >= 0.3 is 0 Å². The van der Waals surface area contributed by atoms with E-state index in [-0.39, 0.29) is 11.7 Å². The molecule has 0 aromatic heterocycles. The monoisotopic (exact) mass is 260 g/mol. The van der Waals surface area contributed by atoms with Crippen LogP contribution in [0.5, 0.6) is 0 Å². The van der Waals surface area contributed by atoms with Gasteiger partial charge in [0.25, 0.3) is 0 Å². The highest BCUT2D eigenvalue weighted by Crippen LogP contribution is 2.18. The molecule has 0 radical (unpaired) electrons. The Morgan fingerprint density at radius 2 is 2.06 bits per heavy atom. The van der Waals surface area contributed by atoms with Gasteiger partial charge in [0.15, 0.2) is 9.84 Å². The maximum Gasteiger partial charge on any atom is 0.240 e. The molecule has 2 aliphatic heterocycles. The Kier molecular flexibility index (Phi) is 3.24. The fraction of sp³-hybridized carbons (Fsp3) is 0.700. The zero-order valence-corrected chi connectivity index (χ0v) is 10.2. The number of carbonyl (C=O) groups is 1.